The number of nitrogens with zero attached hydrogens (tertiary/aromatic N) is 4. The zero-order chi connectivity index (χ0) is 27.4. The molecule has 2 aromatic heterocycles. The molecule has 1 aliphatic carbocycles. The Hall–Kier alpha value is -3.60. The Bertz CT molecular complexity index is 1290. The monoisotopic (exact) mass is 577 g/mol. The van der Waals surface area contributed by atoms with E-state index in [1.54, 1.807) is 42.5 Å². The van der Waals surface area contributed by atoms with Crippen molar-refractivity contribution in [2.24, 2.45) is 5.92 Å². The molecule has 1 saturated carbocycles. The van der Waals surface area contributed by atoms with E-state index in [0.717, 1.165) is 38.6 Å². The summed E-state index contributed by atoms with van der Waals surface area (Å²) in [6.07, 6.45) is 2.70. The highest BCUT2D eigenvalue weighted by Crippen LogP contribution is 2.35. The summed E-state index contributed by atoms with van der Waals surface area (Å²) in [5, 5.41) is 2.44. The average Bonchev–Trinajstić information content (AvgIpc) is 3.28. The van der Waals surface area contributed by atoms with Gasteiger partial charge in [0.05, 0.1) is 11.9 Å². The van der Waals surface area contributed by atoms with Crippen LogP contribution in [-0.4, -0.2) is 52.9 Å². The molecule has 0 atom stereocenters. The van der Waals surface area contributed by atoms with Gasteiger partial charge < -0.3 is 19.5 Å². The van der Waals surface area contributed by atoms with Crippen LogP contribution in [0.4, 0.5) is 24.7 Å². The molecule has 0 radical (unpaired) electrons. The molecule has 1 saturated heterocycles. The zero-order valence-electron chi connectivity index (χ0n) is 21.8. The molecule has 3 aromatic rings. The van der Waals surface area contributed by atoms with Gasteiger partial charge in [-0.25, -0.2) is 9.97 Å². The Morgan fingerprint density at radius 3 is 2.35 bits per heavy atom. The molecule has 214 valence electrons. The molecular weight excluding hydrogens is 547 g/mol. The van der Waals surface area contributed by atoms with E-state index >= 15 is 0 Å². The normalized spacial score (nSPS) is 16.7. The molecule has 40 heavy (non-hydrogen) atoms. The van der Waals surface area contributed by atoms with Crippen molar-refractivity contribution in [3.05, 3.63) is 60.1 Å². The predicted molar refractivity (Wildman–Crippen MR) is 146 cm³/mol. The molecule has 2 amide bonds. The molecule has 0 spiro atoms. The number of carbonyl (C=O) groups is 2. The third kappa shape index (κ3) is 6.75. The Kier molecular flexibility index (Phi) is 9.34. The van der Waals surface area contributed by atoms with Crippen molar-refractivity contribution in [2.75, 3.05) is 36.4 Å². The summed E-state index contributed by atoms with van der Waals surface area (Å²) in [5.41, 5.74) is -0.296. The summed E-state index contributed by atoms with van der Waals surface area (Å²) < 4.78 is 45.7. The lowest BCUT2D eigenvalue weighted by molar-refractivity contribution is -0.153. The highest BCUT2D eigenvalue weighted by atomic mass is 35.5. The third-order valence-corrected chi connectivity index (χ3v) is 7.21. The Labute approximate surface area is 236 Å². The van der Waals surface area contributed by atoms with Crippen LogP contribution < -0.4 is 10.2 Å². The van der Waals surface area contributed by atoms with Crippen LogP contribution >= 0.6 is 12.4 Å². The number of pyridine rings is 1. The molecule has 1 aromatic carbocycles. The van der Waals surface area contributed by atoms with Gasteiger partial charge in [0.1, 0.15) is 5.82 Å². The summed E-state index contributed by atoms with van der Waals surface area (Å²) in [6.45, 7) is 2.69. The van der Waals surface area contributed by atoms with Crippen LogP contribution in [0.2, 0.25) is 0 Å². The van der Waals surface area contributed by atoms with Crippen molar-refractivity contribution < 1.29 is 27.2 Å². The fourth-order valence-corrected chi connectivity index (χ4v) is 5.18. The van der Waals surface area contributed by atoms with Crippen molar-refractivity contribution in [1.82, 2.24) is 14.9 Å². The van der Waals surface area contributed by atoms with Gasteiger partial charge in [0.2, 0.25) is 17.6 Å². The van der Waals surface area contributed by atoms with Gasteiger partial charge in [-0.3, -0.25) is 9.59 Å². The van der Waals surface area contributed by atoms with Crippen molar-refractivity contribution in [1.29, 1.82) is 0 Å². The average molecular weight is 578 g/mol. The van der Waals surface area contributed by atoms with Gasteiger partial charge in [-0.2, -0.15) is 13.2 Å². The van der Waals surface area contributed by atoms with Crippen molar-refractivity contribution in [2.45, 2.75) is 44.7 Å². The lowest BCUT2D eigenvalue weighted by atomic mass is 9.88. The minimum atomic E-state index is -4.90. The SMILES string of the molecule is Cl.O=C(Nc1ccc(N2CCCN(C(=O)C3CCCCC3)CC2)nc1)c1nc(-c2ccccc2)oc1C(F)(F)F. The number of oxazole rings is 1. The maximum absolute atomic E-state index is 13.6. The second-order valence-electron chi connectivity index (χ2n) is 9.92. The van der Waals surface area contributed by atoms with Crippen LogP contribution in [0.3, 0.4) is 0 Å². The van der Waals surface area contributed by atoms with Gasteiger partial charge >= 0.3 is 6.18 Å². The van der Waals surface area contributed by atoms with Crippen LogP contribution in [0, 0.1) is 5.92 Å². The number of hydrogen-bond acceptors (Lipinski definition) is 6. The van der Waals surface area contributed by atoms with Crippen molar-refractivity contribution in [3.8, 4) is 11.5 Å². The second-order valence-corrected chi connectivity index (χ2v) is 9.92. The fourth-order valence-electron chi connectivity index (χ4n) is 5.18. The summed E-state index contributed by atoms with van der Waals surface area (Å²) >= 11 is 0. The molecule has 1 N–H and O–H groups in total. The van der Waals surface area contributed by atoms with Crippen LogP contribution in [0.1, 0.15) is 54.8 Å². The van der Waals surface area contributed by atoms with E-state index < -0.39 is 23.5 Å². The van der Waals surface area contributed by atoms with Crippen LogP contribution in [0.15, 0.2) is 53.1 Å². The summed E-state index contributed by atoms with van der Waals surface area (Å²) in [5.74, 6) is -1.74. The van der Waals surface area contributed by atoms with E-state index in [1.807, 2.05) is 4.90 Å². The number of rotatable bonds is 5. The van der Waals surface area contributed by atoms with Crippen molar-refractivity contribution >= 4 is 35.7 Å². The second kappa shape index (κ2) is 12.7. The van der Waals surface area contributed by atoms with Crippen molar-refractivity contribution in [3.63, 3.8) is 0 Å². The number of aromatic nitrogens is 2. The summed E-state index contributed by atoms with van der Waals surface area (Å²) in [6, 6.07) is 11.4. The van der Waals surface area contributed by atoms with Gasteiger partial charge in [0.15, 0.2) is 5.69 Å². The number of carbonyl (C=O) groups excluding carboxylic acids is 2. The molecule has 1 aliphatic heterocycles. The molecule has 0 bridgehead atoms. The first kappa shape index (κ1) is 29.4. The topological polar surface area (TPSA) is 91.6 Å². The lowest BCUT2D eigenvalue weighted by Gasteiger charge is -2.28. The number of alkyl halides is 3. The van der Waals surface area contributed by atoms with Gasteiger partial charge in [-0.05, 0) is 43.5 Å². The highest BCUT2D eigenvalue weighted by molar-refractivity contribution is 6.04. The molecule has 3 heterocycles. The summed E-state index contributed by atoms with van der Waals surface area (Å²) in [7, 11) is 0. The number of hydrogen-bond donors (Lipinski definition) is 1. The van der Waals surface area contributed by atoms with E-state index in [1.165, 1.54) is 12.6 Å². The van der Waals surface area contributed by atoms with Crippen LogP contribution in [0.25, 0.3) is 11.5 Å². The maximum atomic E-state index is 13.6. The number of nitrogens with one attached hydrogen (secondary N) is 1. The smallest absolute Gasteiger partial charge is 0.431 e. The van der Waals surface area contributed by atoms with Gasteiger partial charge in [0, 0.05) is 37.7 Å². The number of benzene rings is 1. The Balaban J connectivity index is 0.00000370. The fraction of sp³-hybridized carbons (Fsp3) is 0.429. The largest absolute Gasteiger partial charge is 0.452 e. The third-order valence-electron chi connectivity index (χ3n) is 7.21. The molecule has 0 unspecified atom stereocenters. The molecule has 8 nitrogen and oxygen atoms in total. The first-order valence-corrected chi connectivity index (χ1v) is 13.2. The van der Waals surface area contributed by atoms with Crippen LogP contribution in [0.5, 0.6) is 0 Å². The number of halogens is 4. The van der Waals surface area contributed by atoms with E-state index in [9.17, 15) is 22.8 Å². The van der Waals surface area contributed by atoms with Gasteiger partial charge in [0.25, 0.3) is 5.91 Å². The molecular formula is C28H31ClF3N5O3. The minimum Gasteiger partial charge on any atom is -0.431 e. The standard InChI is InChI=1S/C28H30F3N5O3.ClH/c29-28(30,31)24-23(34-26(39-24)19-8-3-1-4-9-19)25(37)33-21-12-13-22(32-18-21)35-14-7-15-36(17-16-35)27(38)20-10-5-2-6-11-20;/h1,3-4,8-9,12-13,18,20H,2,5-7,10-11,14-17H2,(H,33,37);1H. The minimum absolute atomic E-state index is 0. The molecule has 5 rings (SSSR count). The maximum Gasteiger partial charge on any atom is 0.452 e. The first-order chi connectivity index (χ1) is 18.8. The molecule has 2 aliphatic rings. The number of anilines is 2. The van der Waals surface area contributed by atoms with Gasteiger partial charge in [-0.15, -0.1) is 12.4 Å². The van der Waals surface area contributed by atoms with E-state index in [4.69, 9.17) is 4.42 Å². The summed E-state index contributed by atoms with van der Waals surface area (Å²) in [4.78, 5) is 38.0. The van der Waals surface area contributed by atoms with E-state index in [-0.39, 0.29) is 35.8 Å². The highest BCUT2D eigenvalue weighted by Gasteiger charge is 2.42. The molecule has 2 fully saturated rings. The van der Waals surface area contributed by atoms with E-state index in [2.05, 4.69) is 20.2 Å². The van der Waals surface area contributed by atoms with Crippen LogP contribution in [-0.2, 0) is 11.0 Å². The quantitative estimate of drug-likeness (QED) is 0.397. The van der Waals surface area contributed by atoms with Gasteiger partial charge in [-0.1, -0.05) is 37.5 Å². The predicted octanol–water partition coefficient (Wildman–Crippen LogP) is 6.05. The Morgan fingerprint density at radius 2 is 1.68 bits per heavy atom. The Morgan fingerprint density at radius 1 is 0.925 bits per heavy atom. The lowest BCUT2D eigenvalue weighted by Crippen LogP contribution is -2.39. The number of amides is 2. The molecule has 12 heteroatoms. The first-order valence-electron chi connectivity index (χ1n) is 13.2. The zero-order valence-corrected chi connectivity index (χ0v) is 22.6. The van der Waals surface area contributed by atoms with E-state index in [0.29, 0.717) is 31.0 Å².